The third-order valence-corrected chi connectivity index (χ3v) is 4.33. The molecule has 1 aliphatic heterocycles. The summed E-state index contributed by atoms with van der Waals surface area (Å²) in [7, 11) is 6.35. The van der Waals surface area contributed by atoms with E-state index in [0.29, 0.717) is 6.04 Å². The number of anilines is 1. The van der Waals surface area contributed by atoms with Crippen molar-refractivity contribution in [1.82, 2.24) is 10.2 Å². The van der Waals surface area contributed by atoms with E-state index in [0.717, 1.165) is 18.1 Å². The normalized spacial score (nSPS) is 20.5. The van der Waals surface area contributed by atoms with Crippen LogP contribution in [0.15, 0.2) is 18.2 Å². The Morgan fingerprint density at radius 1 is 1.47 bits per heavy atom. The quantitative estimate of drug-likeness (QED) is 0.915. The predicted octanol–water partition coefficient (Wildman–Crippen LogP) is 2.59. The van der Waals surface area contributed by atoms with Crippen molar-refractivity contribution < 1.29 is 0 Å². The average Bonchev–Trinajstić information content (AvgIpc) is 2.40. The molecule has 1 aromatic carbocycles. The van der Waals surface area contributed by atoms with Gasteiger partial charge < -0.3 is 15.1 Å². The van der Waals surface area contributed by atoms with Crippen LogP contribution in [0.1, 0.15) is 18.4 Å². The van der Waals surface area contributed by atoms with Gasteiger partial charge in [0.2, 0.25) is 0 Å². The Balaban J connectivity index is 2.22. The average molecular weight is 282 g/mol. The molecule has 1 aromatic rings. The second-order valence-electron chi connectivity index (χ2n) is 5.44. The topological polar surface area (TPSA) is 18.5 Å². The summed E-state index contributed by atoms with van der Waals surface area (Å²) in [5, 5.41) is 4.06. The van der Waals surface area contributed by atoms with Crippen LogP contribution in [0.4, 0.5) is 5.69 Å². The highest BCUT2D eigenvalue weighted by molar-refractivity contribution is 6.31. The number of hydrogen-bond acceptors (Lipinski definition) is 3. The third kappa shape index (κ3) is 3.41. The number of likely N-dealkylation sites (N-methyl/N-ethyl adjacent to an activating group) is 2. The van der Waals surface area contributed by atoms with Crippen LogP contribution in [0, 0.1) is 0 Å². The number of nitrogens with one attached hydrogen (secondary N) is 1. The first kappa shape index (κ1) is 14.6. The summed E-state index contributed by atoms with van der Waals surface area (Å²) >= 11 is 6.34. The third-order valence-electron chi connectivity index (χ3n) is 3.97. The highest BCUT2D eigenvalue weighted by Crippen LogP contribution is 2.29. The Labute approximate surface area is 121 Å². The SMILES string of the molecule is CNCc1c(Cl)cccc1N(C)C1CCCN(C)C1. The van der Waals surface area contributed by atoms with Crippen LogP contribution in [0.2, 0.25) is 5.02 Å². The number of nitrogens with zero attached hydrogens (tertiary/aromatic N) is 2. The Morgan fingerprint density at radius 3 is 2.95 bits per heavy atom. The van der Waals surface area contributed by atoms with Crippen molar-refractivity contribution in [2.75, 3.05) is 39.1 Å². The fraction of sp³-hybridized carbons (Fsp3) is 0.600. The van der Waals surface area contributed by atoms with Crippen LogP contribution in [-0.2, 0) is 6.54 Å². The predicted molar refractivity (Wildman–Crippen MR) is 83.1 cm³/mol. The molecule has 0 spiro atoms. The Kier molecular flexibility index (Phi) is 5.08. The molecule has 0 amide bonds. The lowest BCUT2D eigenvalue weighted by Crippen LogP contribution is -2.45. The second kappa shape index (κ2) is 6.60. The Morgan fingerprint density at radius 2 is 2.26 bits per heavy atom. The van der Waals surface area contributed by atoms with Crippen LogP contribution < -0.4 is 10.2 Å². The van der Waals surface area contributed by atoms with Gasteiger partial charge in [0.1, 0.15) is 0 Å². The largest absolute Gasteiger partial charge is 0.370 e. The summed E-state index contributed by atoms with van der Waals surface area (Å²) in [5.74, 6) is 0. The van der Waals surface area contributed by atoms with Gasteiger partial charge in [0, 0.05) is 42.5 Å². The number of halogens is 1. The fourth-order valence-electron chi connectivity index (χ4n) is 2.88. The van der Waals surface area contributed by atoms with E-state index in [-0.39, 0.29) is 0 Å². The van der Waals surface area contributed by atoms with Crippen molar-refractivity contribution in [3.05, 3.63) is 28.8 Å². The molecular weight excluding hydrogens is 258 g/mol. The second-order valence-corrected chi connectivity index (χ2v) is 5.84. The summed E-state index contributed by atoms with van der Waals surface area (Å²) in [4.78, 5) is 4.81. The molecular formula is C15H24ClN3. The monoisotopic (exact) mass is 281 g/mol. The minimum atomic E-state index is 0.577. The first-order chi connectivity index (χ1) is 9.13. The zero-order valence-electron chi connectivity index (χ0n) is 12.1. The molecule has 0 saturated carbocycles. The molecule has 19 heavy (non-hydrogen) atoms. The first-order valence-electron chi connectivity index (χ1n) is 6.97. The van der Waals surface area contributed by atoms with E-state index in [1.807, 2.05) is 19.2 Å². The van der Waals surface area contributed by atoms with E-state index in [2.05, 4.69) is 35.3 Å². The van der Waals surface area contributed by atoms with Gasteiger partial charge in [0.05, 0.1) is 0 Å². The van der Waals surface area contributed by atoms with Crippen LogP contribution in [0.25, 0.3) is 0 Å². The maximum atomic E-state index is 6.34. The van der Waals surface area contributed by atoms with Crippen molar-refractivity contribution in [3.63, 3.8) is 0 Å². The van der Waals surface area contributed by atoms with Crippen LogP contribution in [-0.4, -0.2) is 45.2 Å². The standard InChI is InChI=1S/C15H24ClN3/c1-17-10-13-14(16)7-4-8-15(13)19(3)12-6-5-9-18(2)11-12/h4,7-8,12,17H,5-6,9-11H2,1-3H3. The van der Waals surface area contributed by atoms with Gasteiger partial charge in [-0.05, 0) is 45.6 Å². The smallest absolute Gasteiger partial charge is 0.0471 e. The maximum absolute atomic E-state index is 6.34. The van der Waals surface area contributed by atoms with Gasteiger partial charge in [-0.15, -0.1) is 0 Å². The number of piperidine rings is 1. The summed E-state index contributed by atoms with van der Waals surface area (Å²) in [6, 6.07) is 6.76. The molecule has 1 atom stereocenters. The molecule has 0 radical (unpaired) electrons. The molecule has 3 nitrogen and oxygen atoms in total. The first-order valence-corrected chi connectivity index (χ1v) is 7.34. The van der Waals surface area contributed by atoms with Gasteiger partial charge in [-0.25, -0.2) is 0 Å². The fourth-order valence-corrected chi connectivity index (χ4v) is 3.12. The minimum Gasteiger partial charge on any atom is -0.370 e. The number of benzene rings is 1. The van der Waals surface area contributed by atoms with Gasteiger partial charge in [-0.1, -0.05) is 17.7 Å². The van der Waals surface area contributed by atoms with E-state index in [9.17, 15) is 0 Å². The highest BCUT2D eigenvalue weighted by Gasteiger charge is 2.23. The summed E-state index contributed by atoms with van der Waals surface area (Å²) < 4.78 is 0. The van der Waals surface area contributed by atoms with Crippen molar-refractivity contribution in [2.24, 2.45) is 0 Å². The molecule has 1 unspecified atom stereocenters. The molecule has 1 saturated heterocycles. The van der Waals surface area contributed by atoms with Crippen LogP contribution >= 0.6 is 11.6 Å². The van der Waals surface area contributed by atoms with E-state index in [4.69, 9.17) is 11.6 Å². The lowest BCUT2D eigenvalue weighted by Gasteiger charge is -2.38. The van der Waals surface area contributed by atoms with E-state index in [1.54, 1.807) is 0 Å². The Hall–Kier alpha value is -0.770. The zero-order valence-corrected chi connectivity index (χ0v) is 12.9. The molecule has 4 heteroatoms. The van der Waals surface area contributed by atoms with Gasteiger partial charge in [-0.3, -0.25) is 0 Å². The molecule has 0 bridgehead atoms. The minimum absolute atomic E-state index is 0.577. The summed E-state index contributed by atoms with van der Waals surface area (Å²) in [6.07, 6.45) is 2.53. The number of likely N-dealkylation sites (tertiary alicyclic amines) is 1. The molecule has 1 N–H and O–H groups in total. The van der Waals surface area contributed by atoms with Crippen molar-refractivity contribution in [2.45, 2.75) is 25.4 Å². The molecule has 2 rings (SSSR count). The molecule has 0 aromatic heterocycles. The van der Waals surface area contributed by atoms with Gasteiger partial charge in [0.25, 0.3) is 0 Å². The van der Waals surface area contributed by atoms with E-state index < -0.39 is 0 Å². The lowest BCUT2D eigenvalue weighted by atomic mass is 10.0. The van der Waals surface area contributed by atoms with Crippen LogP contribution in [0.3, 0.4) is 0 Å². The molecule has 1 fully saturated rings. The van der Waals surface area contributed by atoms with Crippen LogP contribution in [0.5, 0.6) is 0 Å². The molecule has 1 heterocycles. The molecule has 106 valence electrons. The molecule has 1 aliphatic rings. The Bertz CT molecular complexity index is 422. The number of hydrogen-bond donors (Lipinski definition) is 1. The van der Waals surface area contributed by atoms with Gasteiger partial charge in [0.15, 0.2) is 0 Å². The summed E-state index contributed by atoms with van der Waals surface area (Å²) in [5.41, 5.74) is 2.45. The summed E-state index contributed by atoms with van der Waals surface area (Å²) in [6.45, 7) is 3.15. The lowest BCUT2D eigenvalue weighted by molar-refractivity contribution is 0.248. The maximum Gasteiger partial charge on any atom is 0.0471 e. The number of rotatable bonds is 4. The van der Waals surface area contributed by atoms with Crippen molar-refractivity contribution in [1.29, 1.82) is 0 Å². The zero-order chi connectivity index (χ0) is 13.8. The van der Waals surface area contributed by atoms with Gasteiger partial charge >= 0.3 is 0 Å². The highest BCUT2D eigenvalue weighted by atomic mass is 35.5. The van der Waals surface area contributed by atoms with Gasteiger partial charge in [-0.2, -0.15) is 0 Å². The van der Waals surface area contributed by atoms with E-state index in [1.165, 1.54) is 30.6 Å². The molecule has 0 aliphatic carbocycles. The van der Waals surface area contributed by atoms with E-state index >= 15 is 0 Å². The van der Waals surface area contributed by atoms with Crippen molar-refractivity contribution >= 4 is 17.3 Å². The van der Waals surface area contributed by atoms with Crippen molar-refractivity contribution in [3.8, 4) is 0 Å².